The predicted molar refractivity (Wildman–Crippen MR) is 118 cm³/mol. The molecule has 0 radical (unpaired) electrons. The van der Waals surface area contributed by atoms with Crippen molar-refractivity contribution in [2.75, 3.05) is 25.7 Å². The molecular weight excluding hydrogens is 401 g/mol. The van der Waals surface area contributed by atoms with Gasteiger partial charge >= 0.3 is 0 Å². The zero-order valence-corrected chi connectivity index (χ0v) is 17.8. The van der Waals surface area contributed by atoms with Crippen molar-refractivity contribution in [1.82, 2.24) is 0 Å². The Kier molecular flexibility index (Phi) is 6.04. The van der Waals surface area contributed by atoms with Gasteiger partial charge in [-0.1, -0.05) is 18.2 Å². The average Bonchev–Trinajstić information content (AvgIpc) is 2.94. The highest BCUT2D eigenvalue weighted by Gasteiger charge is 2.25. The van der Waals surface area contributed by atoms with E-state index in [-0.39, 0.29) is 16.8 Å². The Bertz CT molecular complexity index is 1040. The predicted octanol–water partition coefficient (Wildman–Crippen LogP) is 5.79. The minimum absolute atomic E-state index is 0.114. The lowest BCUT2D eigenvalue weighted by molar-refractivity contribution is 0.398. The van der Waals surface area contributed by atoms with Gasteiger partial charge in [-0.2, -0.15) is 0 Å². The van der Waals surface area contributed by atoms with Gasteiger partial charge in [0.2, 0.25) is 0 Å². The van der Waals surface area contributed by atoms with Crippen molar-refractivity contribution in [2.45, 2.75) is 23.1 Å². The van der Waals surface area contributed by atoms with Crippen LogP contribution in [0.5, 0.6) is 17.2 Å². The Morgan fingerprint density at radius 1 is 1.07 bits per heavy atom. The number of rotatable bonds is 5. The maximum absolute atomic E-state index is 13.8. The highest BCUT2D eigenvalue weighted by Crippen LogP contribution is 2.47. The molecule has 6 heteroatoms. The van der Waals surface area contributed by atoms with E-state index in [0.29, 0.717) is 12.3 Å². The van der Waals surface area contributed by atoms with Crippen molar-refractivity contribution < 1.29 is 19.0 Å². The van der Waals surface area contributed by atoms with E-state index in [1.807, 2.05) is 30.3 Å². The lowest BCUT2D eigenvalue weighted by Gasteiger charge is -2.26. The molecule has 3 aromatic carbocycles. The summed E-state index contributed by atoms with van der Waals surface area (Å²) < 4.78 is 24.8. The van der Waals surface area contributed by atoms with E-state index in [4.69, 9.17) is 9.47 Å². The van der Waals surface area contributed by atoms with E-state index in [0.717, 1.165) is 40.4 Å². The first-order valence-electron chi connectivity index (χ1n) is 9.79. The number of hydrogen-bond donors (Lipinski definition) is 1. The number of aromatic hydroxyl groups is 1. The molecule has 1 atom stereocenters. The van der Waals surface area contributed by atoms with Crippen LogP contribution < -0.4 is 14.4 Å². The second-order valence-electron chi connectivity index (χ2n) is 7.16. The molecule has 0 spiro atoms. The number of halogens is 1. The van der Waals surface area contributed by atoms with E-state index in [9.17, 15) is 9.50 Å². The number of nitrogens with zero attached hydrogens (tertiary/aromatic N) is 1. The van der Waals surface area contributed by atoms with Gasteiger partial charge in [0.1, 0.15) is 23.1 Å². The SMILES string of the molecule is COc1ccc2c(c1)S[C@@H](c1cccc(F)c1)CCN2Cc1c(O)cccc1OC. The molecule has 156 valence electrons. The number of methoxy groups -OCH3 is 2. The minimum atomic E-state index is -0.223. The van der Waals surface area contributed by atoms with Crippen LogP contribution in [0.3, 0.4) is 0 Å². The summed E-state index contributed by atoms with van der Waals surface area (Å²) in [5.74, 6) is 1.42. The normalized spacial score (nSPS) is 16.0. The standard InChI is InChI=1S/C24H24FNO3S/c1-28-18-9-10-20-24(14-18)30-23(16-5-3-6-17(25)13-16)11-12-26(20)15-19-21(27)7-4-8-22(19)29-2/h3-10,13-14,23,27H,11-12,15H2,1-2H3/t23-/m1/s1. The molecule has 0 aromatic heterocycles. The molecule has 0 saturated heterocycles. The zero-order chi connectivity index (χ0) is 21.1. The number of phenols is 1. The van der Waals surface area contributed by atoms with E-state index in [1.165, 1.54) is 6.07 Å². The van der Waals surface area contributed by atoms with Crippen LogP contribution in [0.4, 0.5) is 10.1 Å². The summed E-state index contributed by atoms with van der Waals surface area (Å²) in [6, 6.07) is 18.1. The van der Waals surface area contributed by atoms with Crippen LogP contribution in [0.15, 0.2) is 65.6 Å². The van der Waals surface area contributed by atoms with Gasteiger partial charge in [-0.05, 0) is 54.4 Å². The maximum Gasteiger partial charge on any atom is 0.127 e. The molecule has 1 aliphatic heterocycles. The zero-order valence-electron chi connectivity index (χ0n) is 17.0. The molecular formula is C24H24FNO3S. The molecule has 0 amide bonds. The summed E-state index contributed by atoms with van der Waals surface area (Å²) >= 11 is 1.72. The van der Waals surface area contributed by atoms with Crippen molar-refractivity contribution in [1.29, 1.82) is 0 Å². The molecule has 4 rings (SSSR count). The van der Waals surface area contributed by atoms with Gasteiger partial charge in [-0.3, -0.25) is 0 Å². The van der Waals surface area contributed by atoms with Crippen molar-refractivity contribution in [3.8, 4) is 17.2 Å². The maximum atomic E-state index is 13.8. The van der Waals surface area contributed by atoms with E-state index in [1.54, 1.807) is 50.2 Å². The van der Waals surface area contributed by atoms with Gasteiger partial charge in [0, 0.05) is 16.7 Å². The number of thioether (sulfide) groups is 1. The van der Waals surface area contributed by atoms with Gasteiger partial charge in [-0.25, -0.2) is 4.39 Å². The Hall–Kier alpha value is -2.86. The van der Waals surface area contributed by atoms with Gasteiger partial charge in [-0.15, -0.1) is 11.8 Å². The van der Waals surface area contributed by atoms with Gasteiger partial charge in [0.15, 0.2) is 0 Å². The Labute approximate surface area is 180 Å². The lowest BCUT2D eigenvalue weighted by Crippen LogP contribution is -2.24. The van der Waals surface area contributed by atoms with E-state index in [2.05, 4.69) is 4.90 Å². The second kappa shape index (κ2) is 8.88. The van der Waals surface area contributed by atoms with E-state index < -0.39 is 0 Å². The van der Waals surface area contributed by atoms with Crippen LogP contribution in [0, 0.1) is 5.82 Å². The molecule has 0 bridgehead atoms. The number of hydrogen-bond acceptors (Lipinski definition) is 5. The number of phenolic OH excluding ortho intramolecular Hbond substituents is 1. The molecule has 0 saturated carbocycles. The smallest absolute Gasteiger partial charge is 0.127 e. The highest BCUT2D eigenvalue weighted by atomic mass is 32.2. The third-order valence-corrected chi connectivity index (χ3v) is 6.71. The van der Waals surface area contributed by atoms with Crippen LogP contribution >= 0.6 is 11.8 Å². The molecule has 30 heavy (non-hydrogen) atoms. The second-order valence-corrected chi connectivity index (χ2v) is 8.41. The third kappa shape index (κ3) is 4.19. The van der Waals surface area contributed by atoms with E-state index >= 15 is 0 Å². The first kappa shape index (κ1) is 20.4. The summed E-state index contributed by atoms with van der Waals surface area (Å²) in [6.07, 6.45) is 0.834. The molecule has 3 aromatic rings. The largest absolute Gasteiger partial charge is 0.507 e. The molecule has 0 aliphatic carbocycles. The molecule has 0 fully saturated rings. The molecule has 0 unspecified atom stereocenters. The summed E-state index contributed by atoms with van der Waals surface area (Å²) in [5, 5.41) is 10.6. The van der Waals surface area contributed by atoms with Crippen molar-refractivity contribution in [3.05, 3.63) is 77.6 Å². The molecule has 1 heterocycles. The van der Waals surface area contributed by atoms with Crippen LogP contribution in [-0.2, 0) is 6.54 Å². The topological polar surface area (TPSA) is 41.9 Å². The minimum Gasteiger partial charge on any atom is -0.507 e. The quantitative estimate of drug-likeness (QED) is 0.560. The van der Waals surface area contributed by atoms with Gasteiger partial charge in [0.25, 0.3) is 0 Å². The Morgan fingerprint density at radius 3 is 2.67 bits per heavy atom. The average molecular weight is 426 g/mol. The summed E-state index contributed by atoms with van der Waals surface area (Å²) in [7, 11) is 3.26. The third-order valence-electron chi connectivity index (χ3n) is 5.34. The first-order chi connectivity index (χ1) is 14.6. The molecule has 1 N–H and O–H groups in total. The lowest BCUT2D eigenvalue weighted by atomic mass is 10.1. The van der Waals surface area contributed by atoms with Crippen molar-refractivity contribution in [3.63, 3.8) is 0 Å². The molecule has 4 nitrogen and oxygen atoms in total. The highest BCUT2D eigenvalue weighted by molar-refractivity contribution is 7.99. The van der Waals surface area contributed by atoms with Gasteiger partial charge < -0.3 is 19.5 Å². The van der Waals surface area contributed by atoms with Crippen molar-refractivity contribution >= 4 is 17.4 Å². The Balaban J connectivity index is 1.72. The summed E-state index contributed by atoms with van der Waals surface area (Å²) in [6.45, 7) is 1.26. The Morgan fingerprint density at radius 2 is 1.90 bits per heavy atom. The monoisotopic (exact) mass is 425 g/mol. The van der Waals surface area contributed by atoms with Crippen molar-refractivity contribution in [2.24, 2.45) is 0 Å². The van der Waals surface area contributed by atoms with Crippen LogP contribution in [-0.4, -0.2) is 25.9 Å². The van der Waals surface area contributed by atoms with Crippen LogP contribution in [0.1, 0.15) is 22.8 Å². The van der Waals surface area contributed by atoms with Crippen LogP contribution in [0.2, 0.25) is 0 Å². The number of ether oxygens (including phenoxy) is 2. The number of benzene rings is 3. The fraction of sp³-hybridized carbons (Fsp3) is 0.250. The first-order valence-corrected chi connectivity index (χ1v) is 10.7. The fourth-order valence-corrected chi connectivity index (χ4v) is 5.10. The summed E-state index contributed by atoms with van der Waals surface area (Å²) in [4.78, 5) is 3.30. The van der Waals surface area contributed by atoms with Crippen LogP contribution in [0.25, 0.3) is 0 Å². The fourth-order valence-electron chi connectivity index (χ4n) is 3.78. The van der Waals surface area contributed by atoms with Gasteiger partial charge in [0.05, 0.1) is 32.0 Å². The number of anilines is 1. The molecule has 1 aliphatic rings. The summed E-state index contributed by atoms with van der Waals surface area (Å²) in [5.41, 5.74) is 2.77. The number of fused-ring (bicyclic) bond motifs is 1.